The number of rotatable bonds is 10. The number of nitrogens with one attached hydrogen (secondary N) is 3. The Morgan fingerprint density at radius 2 is 1.79 bits per heavy atom. The highest BCUT2D eigenvalue weighted by atomic mass is 16.5. The first-order valence-corrected chi connectivity index (χ1v) is 12.1. The smallest absolute Gasteiger partial charge is 0.223 e. The summed E-state index contributed by atoms with van der Waals surface area (Å²) < 4.78 is 10.6. The van der Waals surface area contributed by atoms with Crippen LogP contribution in [0.4, 0.5) is 11.8 Å². The minimum absolute atomic E-state index is 0.230. The Balaban J connectivity index is 1.32. The third kappa shape index (κ3) is 7.06. The Morgan fingerprint density at radius 1 is 1.03 bits per heavy atom. The third-order valence-electron chi connectivity index (χ3n) is 6.74. The molecule has 2 aromatic heterocycles. The van der Waals surface area contributed by atoms with Crippen LogP contribution >= 0.6 is 0 Å². The molecule has 3 heterocycles. The van der Waals surface area contributed by atoms with Crippen molar-refractivity contribution < 1.29 is 9.47 Å². The van der Waals surface area contributed by atoms with Crippen LogP contribution in [0.25, 0.3) is 11.5 Å². The van der Waals surface area contributed by atoms with Crippen molar-refractivity contribution in [3.63, 3.8) is 0 Å². The van der Waals surface area contributed by atoms with E-state index in [1.807, 2.05) is 12.1 Å². The highest BCUT2D eigenvalue weighted by Gasteiger charge is 2.27. The standard InChI is InChI=1S/C24H37N7O2/c1-24(9-14-33-15-10-24)17-28-21-8-12-26-22(31-21)20-7-11-27-23(30-20)29-19-5-3-18(4-6-19)25-13-16-32-2/h7-8,11-12,18-19,25H,3-6,9-10,13-17H2,1-2H3,(H,26,28,31)(H,27,29,30). The molecule has 1 aliphatic carbocycles. The van der Waals surface area contributed by atoms with Crippen LogP contribution in [-0.4, -0.2) is 72.0 Å². The number of methoxy groups -OCH3 is 1. The molecule has 3 N–H and O–H groups in total. The van der Waals surface area contributed by atoms with Crippen molar-refractivity contribution >= 4 is 11.8 Å². The maximum atomic E-state index is 5.50. The van der Waals surface area contributed by atoms with Crippen molar-refractivity contribution in [2.45, 2.75) is 57.5 Å². The maximum Gasteiger partial charge on any atom is 0.223 e. The molecular formula is C24H37N7O2. The molecule has 180 valence electrons. The van der Waals surface area contributed by atoms with E-state index in [9.17, 15) is 0 Å². The molecule has 2 aliphatic rings. The van der Waals surface area contributed by atoms with Crippen LogP contribution in [0.1, 0.15) is 45.4 Å². The zero-order valence-electron chi connectivity index (χ0n) is 19.8. The zero-order chi connectivity index (χ0) is 22.9. The molecule has 1 saturated heterocycles. The van der Waals surface area contributed by atoms with E-state index in [1.54, 1.807) is 19.5 Å². The average molecular weight is 456 g/mol. The fourth-order valence-corrected chi connectivity index (χ4v) is 4.47. The largest absolute Gasteiger partial charge is 0.383 e. The van der Waals surface area contributed by atoms with Gasteiger partial charge >= 0.3 is 0 Å². The topological polar surface area (TPSA) is 106 Å². The molecule has 0 amide bonds. The quantitative estimate of drug-likeness (QED) is 0.466. The fraction of sp³-hybridized carbons (Fsp3) is 0.667. The molecule has 4 rings (SSSR count). The fourth-order valence-electron chi connectivity index (χ4n) is 4.47. The Morgan fingerprint density at radius 3 is 2.58 bits per heavy atom. The SMILES string of the molecule is COCCNC1CCC(Nc2nccc(-c3nccc(NCC4(C)CCOCC4)n3)n2)CC1. The van der Waals surface area contributed by atoms with Gasteiger partial charge in [-0.1, -0.05) is 6.92 Å². The summed E-state index contributed by atoms with van der Waals surface area (Å²) in [6.45, 7) is 6.49. The molecule has 1 saturated carbocycles. The van der Waals surface area contributed by atoms with Gasteiger partial charge in [0.25, 0.3) is 0 Å². The van der Waals surface area contributed by atoms with Gasteiger partial charge in [-0.2, -0.15) is 0 Å². The lowest BCUT2D eigenvalue weighted by molar-refractivity contribution is 0.0300. The Labute approximate surface area is 196 Å². The van der Waals surface area contributed by atoms with Crippen molar-refractivity contribution in [3.05, 3.63) is 24.5 Å². The van der Waals surface area contributed by atoms with Gasteiger partial charge in [-0.25, -0.2) is 19.9 Å². The van der Waals surface area contributed by atoms with Gasteiger partial charge in [0.15, 0.2) is 5.82 Å². The van der Waals surface area contributed by atoms with Crippen LogP contribution in [0.2, 0.25) is 0 Å². The minimum Gasteiger partial charge on any atom is -0.383 e. The normalized spacial score (nSPS) is 22.6. The second-order valence-electron chi connectivity index (χ2n) is 9.45. The molecule has 0 spiro atoms. The summed E-state index contributed by atoms with van der Waals surface area (Å²) in [5.74, 6) is 2.06. The van der Waals surface area contributed by atoms with E-state index in [-0.39, 0.29) is 5.41 Å². The van der Waals surface area contributed by atoms with Crippen molar-refractivity contribution in [1.82, 2.24) is 25.3 Å². The van der Waals surface area contributed by atoms with E-state index in [1.165, 1.54) is 0 Å². The molecule has 0 atom stereocenters. The van der Waals surface area contributed by atoms with Crippen LogP contribution in [0.3, 0.4) is 0 Å². The summed E-state index contributed by atoms with van der Waals surface area (Å²) in [5.41, 5.74) is 0.955. The minimum atomic E-state index is 0.230. The monoisotopic (exact) mass is 455 g/mol. The van der Waals surface area contributed by atoms with Crippen LogP contribution in [0.15, 0.2) is 24.5 Å². The zero-order valence-corrected chi connectivity index (χ0v) is 19.8. The molecule has 2 aromatic rings. The van der Waals surface area contributed by atoms with Gasteiger partial charge in [0.1, 0.15) is 11.5 Å². The Hall–Kier alpha value is -2.36. The van der Waals surface area contributed by atoms with Crippen LogP contribution in [0.5, 0.6) is 0 Å². The highest BCUT2D eigenvalue weighted by Crippen LogP contribution is 2.30. The van der Waals surface area contributed by atoms with Crippen LogP contribution in [0, 0.1) is 5.41 Å². The number of ether oxygens (including phenoxy) is 2. The number of aromatic nitrogens is 4. The van der Waals surface area contributed by atoms with Gasteiger partial charge in [-0.05, 0) is 56.1 Å². The summed E-state index contributed by atoms with van der Waals surface area (Å²) in [5, 5.41) is 10.6. The molecular weight excluding hydrogens is 418 g/mol. The Bertz CT molecular complexity index is 867. The molecule has 9 heteroatoms. The van der Waals surface area contributed by atoms with E-state index in [0.29, 0.717) is 23.9 Å². The van der Waals surface area contributed by atoms with E-state index in [2.05, 4.69) is 32.8 Å². The van der Waals surface area contributed by atoms with E-state index >= 15 is 0 Å². The number of hydrogen-bond donors (Lipinski definition) is 3. The molecule has 0 radical (unpaired) electrons. The number of anilines is 2. The maximum absolute atomic E-state index is 5.50. The predicted octanol–water partition coefficient (Wildman–Crippen LogP) is 3.12. The third-order valence-corrected chi connectivity index (χ3v) is 6.74. The van der Waals surface area contributed by atoms with Gasteiger partial charge in [-0.3, -0.25) is 0 Å². The van der Waals surface area contributed by atoms with E-state index < -0.39 is 0 Å². The summed E-state index contributed by atoms with van der Waals surface area (Å²) >= 11 is 0. The lowest BCUT2D eigenvalue weighted by Crippen LogP contribution is -2.38. The van der Waals surface area contributed by atoms with Gasteiger partial charge < -0.3 is 25.4 Å². The summed E-state index contributed by atoms with van der Waals surface area (Å²) in [6, 6.07) is 4.72. The summed E-state index contributed by atoms with van der Waals surface area (Å²) in [4.78, 5) is 18.3. The summed E-state index contributed by atoms with van der Waals surface area (Å²) in [7, 11) is 1.74. The van der Waals surface area contributed by atoms with Gasteiger partial charge in [0.2, 0.25) is 5.95 Å². The van der Waals surface area contributed by atoms with Crippen molar-refractivity contribution in [2.75, 3.05) is 50.7 Å². The summed E-state index contributed by atoms with van der Waals surface area (Å²) in [6.07, 6.45) is 10.1. The molecule has 0 bridgehead atoms. The second-order valence-corrected chi connectivity index (χ2v) is 9.45. The second kappa shape index (κ2) is 11.7. The molecule has 0 aromatic carbocycles. The molecule has 2 fully saturated rings. The van der Waals surface area contributed by atoms with Gasteiger partial charge in [0.05, 0.1) is 6.61 Å². The molecule has 0 unspecified atom stereocenters. The Kier molecular flexibility index (Phi) is 8.41. The average Bonchev–Trinajstić information content (AvgIpc) is 2.85. The van der Waals surface area contributed by atoms with Crippen molar-refractivity contribution in [2.24, 2.45) is 5.41 Å². The molecule has 1 aliphatic heterocycles. The van der Waals surface area contributed by atoms with Gasteiger partial charge in [0, 0.05) is 57.9 Å². The van der Waals surface area contributed by atoms with Gasteiger partial charge in [-0.15, -0.1) is 0 Å². The number of hydrogen-bond acceptors (Lipinski definition) is 9. The first-order chi connectivity index (χ1) is 16.1. The molecule has 33 heavy (non-hydrogen) atoms. The van der Waals surface area contributed by atoms with Crippen LogP contribution < -0.4 is 16.0 Å². The highest BCUT2D eigenvalue weighted by molar-refractivity contribution is 5.53. The number of nitrogens with zero attached hydrogens (tertiary/aromatic N) is 4. The first-order valence-electron chi connectivity index (χ1n) is 12.1. The van der Waals surface area contributed by atoms with E-state index in [4.69, 9.17) is 19.4 Å². The molecule has 9 nitrogen and oxygen atoms in total. The van der Waals surface area contributed by atoms with Crippen LogP contribution in [-0.2, 0) is 9.47 Å². The lowest BCUT2D eigenvalue weighted by atomic mass is 9.82. The predicted molar refractivity (Wildman–Crippen MR) is 129 cm³/mol. The van der Waals surface area contributed by atoms with E-state index in [0.717, 1.165) is 82.9 Å². The first kappa shape index (κ1) is 23.8. The van der Waals surface area contributed by atoms with Crippen molar-refractivity contribution in [1.29, 1.82) is 0 Å². The van der Waals surface area contributed by atoms with Crippen molar-refractivity contribution in [3.8, 4) is 11.5 Å². The lowest BCUT2D eigenvalue weighted by Gasteiger charge is -2.33.